The summed E-state index contributed by atoms with van der Waals surface area (Å²) in [4.78, 5) is 21.5. The fraction of sp³-hybridized carbons (Fsp3) is 0.500. The molecule has 142 valence electrons. The Morgan fingerprint density at radius 3 is 2.81 bits per heavy atom. The second kappa shape index (κ2) is 8.00. The van der Waals surface area contributed by atoms with E-state index in [1.807, 2.05) is 29.2 Å². The molecule has 27 heavy (non-hydrogen) atoms. The predicted molar refractivity (Wildman–Crippen MR) is 103 cm³/mol. The molecule has 1 amide bonds. The zero-order chi connectivity index (χ0) is 18.6. The zero-order valence-electron chi connectivity index (χ0n) is 15.5. The van der Waals surface area contributed by atoms with Gasteiger partial charge in [0.25, 0.3) is 5.91 Å². The molecular formula is C20H25N5O2. The standard InChI is InChI=1S/C20H25N5O2/c1-21-20(26)17-13-24-25(15-7-10-27-11-8-15)19(17)23-12-14-5-6-16(14)18-4-2-3-9-22-18/h2-4,9,12-16H,5-8,10-11H2,1H3,(H,21,26)/b23-12+/t14-,16+/m1/s1. The molecule has 2 aromatic rings. The fourth-order valence-electron chi connectivity index (χ4n) is 3.81. The summed E-state index contributed by atoms with van der Waals surface area (Å²) in [5, 5.41) is 7.17. The van der Waals surface area contributed by atoms with E-state index in [0.29, 0.717) is 36.4 Å². The van der Waals surface area contributed by atoms with Gasteiger partial charge in [0.1, 0.15) is 5.56 Å². The van der Waals surface area contributed by atoms with Crippen LogP contribution in [0.2, 0.25) is 0 Å². The summed E-state index contributed by atoms with van der Waals surface area (Å²) in [7, 11) is 1.63. The highest BCUT2D eigenvalue weighted by Gasteiger charge is 2.32. The van der Waals surface area contributed by atoms with Crippen molar-refractivity contribution in [3.63, 3.8) is 0 Å². The second-order valence-electron chi connectivity index (χ2n) is 7.13. The lowest BCUT2D eigenvalue weighted by Crippen LogP contribution is -2.26. The summed E-state index contributed by atoms with van der Waals surface area (Å²) in [6.45, 7) is 1.43. The van der Waals surface area contributed by atoms with Crippen LogP contribution in [0.4, 0.5) is 5.82 Å². The van der Waals surface area contributed by atoms with E-state index in [1.165, 1.54) is 0 Å². The number of rotatable bonds is 5. The first kappa shape index (κ1) is 17.9. The zero-order valence-corrected chi connectivity index (χ0v) is 15.5. The minimum absolute atomic E-state index is 0.157. The van der Waals surface area contributed by atoms with E-state index in [0.717, 1.165) is 31.4 Å². The van der Waals surface area contributed by atoms with Gasteiger partial charge in [0, 0.05) is 50.2 Å². The Bertz CT molecular complexity index is 811. The maximum absolute atomic E-state index is 12.3. The van der Waals surface area contributed by atoms with Crippen LogP contribution in [0.3, 0.4) is 0 Å². The normalized spacial score (nSPS) is 23.3. The molecule has 1 saturated carbocycles. The first-order valence-corrected chi connectivity index (χ1v) is 9.60. The molecule has 4 rings (SSSR count). The number of nitrogens with one attached hydrogen (secondary N) is 1. The molecule has 1 aliphatic heterocycles. The van der Waals surface area contributed by atoms with Crippen LogP contribution in [0.15, 0.2) is 35.6 Å². The van der Waals surface area contributed by atoms with Crippen molar-refractivity contribution < 1.29 is 9.53 Å². The van der Waals surface area contributed by atoms with Gasteiger partial charge in [-0.25, -0.2) is 9.67 Å². The van der Waals surface area contributed by atoms with Crippen LogP contribution in [0.1, 0.15) is 53.7 Å². The molecule has 0 bridgehead atoms. The SMILES string of the molecule is CNC(=O)c1cnn(C2CCOCC2)c1/N=C/[C@H]1CC[C@@H]1c1ccccn1. The lowest BCUT2D eigenvalue weighted by molar-refractivity contribution is 0.0667. The molecule has 0 aromatic carbocycles. The summed E-state index contributed by atoms with van der Waals surface area (Å²) >= 11 is 0. The molecule has 0 spiro atoms. The molecule has 3 heterocycles. The van der Waals surface area contributed by atoms with E-state index in [2.05, 4.69) is 21.5 Å². The molecular weight excluding hydrogens is 342 g/mol. The number of carbonyl (C=O) groups excluding carboxylic acids is 1. The predicted octanol–water partition coefficient (Wildman–Crippen LogP) is 2.89. The summed E-state index contributed by atoms with van der Waals surface area (Å²) in [5.74, 6) is 1.23. The number of amides is 1. The van der Waals surface area contributed by atoms with Crippen LogP contribution in [0.5, 0.6) is 0 Å². The average molecular weight is 367 g/mol. The van der Waals surface area contributed by atoms with Crippen molar-refractivity contribution in [2.75, 3.05) is 20.3 Å². The van der Waals surface area contributed by atoms with Crippen LogP contribution < -0.4 is 5.32 Å². The Morgan fingerprint density at radius 1 is 1.30 bits per heavy atom. The van der Waals surface area contributed by atoms with Gasteiger partial charge >= 0.3 is 0 Å². The summed E-state index contributed by atoms with van der Waals surface area (Å²) in [6.07, 6.45) is 9.43. The molecule has 1 N–H and O–H groups in total. The summed E-state index contributed by atoms with van der Waals surface area (Å²) < 4.78 is 7.36. The van der Waals surface area contributed by atoms with Gasteiger partial charge in [-0.2, -0.15) is 5.10 Å². The van der Waals surface area contributed by atoms with Gasteiger partial charge < -0.3 is 10.1 Å². The molecule has 1 saturated heterocycles. The maximum atomic E-state index is 12.3. The van der Waals surface area contributed by atoms with Crippen molar-refractivity contribution in [2.45, 2.75) is 37.6 Å². The fourth-order valence-corrected chi connectivity index (χ4v) is 3.81. The second-order valence-corrected chi connectivity index (χ2v) is 7.13. The van der Waals surface area contributed by atoms with Gasteiger partial charge in [-0.1, -0.05) is 6.07 Å². The molecule has 2 atom stereocenters. The van der Waals surface area contributed by atoms with Gasteiger partial charge in [-0.15, -0.1) is 0 Å². The summed E-state index contributed by atoms with van der Waals surface area (Å²) in [5.41, 5.74) is 1.64. The van der Waals surface area contributed by atoms with E-state index in [4.69, 9.17) is 9.73 Å². The van der Waals surface area contributed by atoms with Crippen molar-refractivity contribution in [1.29, 1.82) is 0 Å². The third-order valence-electron chi connectivity index (χ3n) is 5.56. The van der Waals surface area contributed by atoms with Gasteiger partial charge in [0.15, 0.2) is 5.82 Å². The van der Waals surface area contributed by atoms with Crippen LogP contribution in [0, 0.1) is 5.92 Å². The smallest absolute Gasteiger partial charge is 0.256 e. The number of carbonyl (C=O) groups is 1. The Morgan fingerprint density at radius 2 is 2.15 bits per heavy atom. The van der Waals surface area contributed by atoms with E-state index in [-0.39, 0.29) is 11.9 Å². The Kier molecular flexibility index (Phi) is 5.29. The number of aliphatic imine (C=N–C) groups is 1. The number of aromatic nitrogens is 3. The number of pyridine rings is 1. The van der Waals surface area contributed by atoms with Crippen molar-refractivity contribution in [3.8, 4) is 0 Å². The number of ether oxygens (including phenoxy) is 1. The Labute approximate surface area is 158 Å². The third-order valence-corrected chi connectivity index (χ3v) is 5.56. The molecule has 7 heteroatoms. The summed E-state index contributed by atoms with van der Waals surface area (Å²) in [6, 6.07) is 6.26. The molecule has 1 aliphatic carbocycles. The van der Waals surface area contributed by atoms with E-state index in [9.17, 15) is 4.79 Å². The highest BCUT2D eigenvalue weighted by molar-refractivity contribution is 5.98. The molecule has 2 aliphatic rings. The quantitative estimate of drug-likeness (QED) is 0.824. The topological polar surface area (TPSA) is 81.4 Å². The molecule has 7 nitrogen and oxygen atoms in total. The highest BCUT2D eigenvalue weighted by atomic mass is 16.5. The van der Waals surface area contributed by atoms with Crippen LogP contribution >= 0.6 is 0 Å². The van der Waals surface area contributed by atoms with Crippen molar-refractivity contribution in [2.24, 2.45) is 10.9 Å². The van der Waals surface area contributed by atoms with Crippen molar-refractivity contribution in [1.82, 2.24) is 20.1 Å². The first-order chi connectivity index (χ1) is 13.3. The molecule has 2 fully saturated rings. The number of hydrogen-bond acceptors (Lipinski definition) is 5. The minimum Gasteiger partial charge on any atom is -0.381 e. The Hall–Kier alpha value is -2.54. The van der Waals surface area contributed by atoms with Gasteiger partial charge in [0.05, 0.1) is 12.2 Å². The van der Waals surface area contributed by atoms with Crippen LogP contribution in [-0.2, 0) is 4.74 Å². The lowest BCUT2D eigenvalue weighted by atomic mass is 9.72. The van der Waals surface area contributed by atoms with Crippen LogP contribution in [-0.4, -0.2) is 47.1 Å². The number of hydrogen-bond donors (Lipinski definition) is 1. The first-order valence-electron chi connectivity index (χ1n) is 9.60. The van der Waals surface area contributed by atoms with Crippen molar-refractivity contribution >= 4 is 17.9 Å². The lowest BCUT2D eigenvalue weighted by Gasteiger charge is -2.33. The third kappa shape index (κ3) is 3.64. The monoisotopic (exact) mass is 367 g/mol. The minimum atomic E-state index is -0.157. The van der Waals surface area contributed by atoms with Crippen molar-refractivity contribution in [3.05, 3.63) is 41.9 Å². The van der Waals surface area contributed by atoms with Gasteiger partial charge in [0.2, 0.25) is 0 Å². The van der Waals surface area contributed by atoms with E-state index < -0.39 is 0 Å². The van der Waals surface area contributed by atoms with Crippen LogP contribution in [0.25, 0.3) is 0 Å². The van der Waals surface area contributed by atoms with Gasteiger partial charge in [-0.3, -0.25) is 9.78 Å². The molecule has 0 radical (unpaired) electrons. The van der Waals surface area contributed by atoms with Gasteiger partial charge in [-0.05, 0) is 37.8 Å². The maximum Gasteiger partial charge on any atom is 0.256 e. The average Bonchev–Trinajstić information content (AvgIpc) is 3.12. The Balaban J connectivity index is 1.59. The molecule has 2 aromatic heterocycles. The molecule has 0 unspecified atom stereocenters. The van der Waals surface area contributed by atoms with E-state index in [1.54, 1.807) is 13.2 Å². The highest BCUT2D eigenvalue weighted by Crippen LogP contribution is 2.41. The van der Waals surface area contributed by atoms with E-state index >= 15 is 0 Å². The number of nitrogens with zero attached hydrogens (tertiary/aromatic N) is 4. The largest absolute Gasteiger partial charge is 0.381 e.